The third kappa shape index (κ3) is 3.48. The van der Waals surface area contributed by atoms with Gasteiger partial charge in [-0.1, -0.05) is 6.42 Å². The third-order valence-electron chi connectivity index (χ3n) is 2.87. The molecule has 5 heteroatoms. The first-order valence-corrected chi connectivity index (χ1v) is 5.68. The van der Waals surface area contributed by atoms with E-state index in [1.165, 1.54) is 12.0 Å². The van der Waals surface area contributed by atoms with Gasteiger partial charge in [0.1, 0.15) is 6.04 Å². The minimum absolute atomic E-state index is 0.0407. The van der Waals surface area contributed by atoms with Gasteiger partial charge >= 0.3 is 5.97 Å². The molecule has 0 aliphatic carbocycles. The van der Waals surface area contributed by atoms with Gasteiger partial charge in [0.2, 0.25) is 5.91 Å². The highest BCUT2D eigenvalue weighted by Gasteiger charge is 2.29. The molecular formula is C11H19NO4. The lowest BCUT2D eigenvalue weighted by molar-refractivity contribution is -0.150. The molecule has 1 N–H and O–H groups in total. The van der Waals surface area contributed by atoms with Crippen LogP contribution in [0.25, 0.3) is 0 Å². The maximum absolute atomic E-state index is 11.7. The molecule has 1 amide bonds. The first-order valence-electron chi connectivity index (χ1n) is 5.68. The number of amides is 1. The number of nitrogens with zero attached hydrogens (tertiary/aromatic N) is 1. The largest absolute Gasteiger partial charge is 0.480 e. The Bertz CT molecular complexity index is 254. The topological polar surface area (TPSA) is 66.8 Å². The Morgan fingerprint density at radius 2 is 2.25 bits per heavy atom. The summed E-state index contributed by atoms with van der Waals surface area (Å²) in [6.45, 7) is 0.917. The van der Waals surface area contributed by atoms with Gasteiger partial charge in [0.05, 0.1) is 0 Å². The van der Waals surface area contributed by atoms with Crippen LogP contribution in [0.4, 0.5) is 0 Å². The maximum Gasteiger partial charge on any atom is 0.326 e. The molecule has 0 aromatic carbocycles. The molecule has 0 radical (unpaired) electrons. The van der Waals surface area contributed by atoms with Crippen LogP contribution in [-0.4, -0.2) is 48.2 Å². The number of ether oxygens (including phenoxy) is 1. The van der Waals surface area contributed by atoms with Gasteiger partial charge in [-0.2, -0.15) is 0 Å². The molecule has 1 aliphatic rings. The van der Waals surface area contributed by atoms with E-state index in [-0.39, 0.29) is 5.91 Å². The van der Waals surface area contributed by atoms with Crippen molar-refractivity contribution in [2.75, 3.05) is 20.3 Å². The molecule has 0 bridgehead atoms. The van der Waals surface area contributed by atoms with E-state index in [0.717, 1.165) is 19.3 Å². The highest BCUT2D eigenvalue weighted by molar-refractivity contribution is 5.83. The fraction of sp³-hybridized carbons (Fsp3) is 0.818. The standard InChI is InChI=1S/C11H19NO4/c1-16-8-6-9(11(14)15)12-7-4-2-3-5-10(12)13/h9H,2-8H2,1H3,(H,14,15). The second-order valence-corrected chi connectivity index (χ2v) is 4.03. The van der Waals surface area contributed by atoms with Crippen LogP contribution in [0, 0.1) is 0 Å². The van der Waals surface area contributed by atoms with Gasteiger partial charge in [0, 0.05) is 33.1 Å². The van der Waals surface area contributed by atoms with E-state index in [2.05, 4.69) is 0 Å². The highest BCUT2D eigenvalue weighted by atomic mass is 16.5. The molecule has 0 spiro atoms. The minimum atomic E-state index is -0.938. The number of likely N-dealkylation sites (tertiary alicyclic amines) is 1. The van der Waals surface area contributed by atoms with Crippen LogP contribution in [0.3, 0.4) is 0 Å². The summed E-state index contributed by atoms with van der Waals surface area (Å²) in [5.41, 5.74) is 0. The van der Waals surface area contributed by atoms with Gasteiger partial charge in [0.25, 0.3) is 0 Å². The van der Waals surface area contributed by atoms with Gasteiger partial charge in [-0.15, -0.1) is 0 Å². The highest BCUT2D eigenvalue weighted by Crippen LogP contribution is 2.16. The average molecular weight is 229 g/mol. The molecule has 5 nitrogen and oxygen atoms in total. The summed E-state index contributed by atoms with van der Waals surface area (Å²) in [7, 11) is 1.53. The number of hydrogen-bond donors (Lipinski definition) is 1. The monoisotopic (exact) mass is 229 g/mol. The molecule has 1 aliphatic heterocycles. The summed E-state index contributed by atoms with van der Waals surface area (Å²) in [5.74, 6) is -0.978. The Balaban J connectivity index is 2.66. The normalized spacial score (nSPS) is 19.3. The smallest absolute Gasteiger partial charge is 0.326 e. The van der Waals surface area contributed by atoms with Crippen LogP contribution in [0.15, 0.2) is 0 Å². The second kappa shape index (κ2) is 6.48. The van der Waals surface area contributed by atoms with E-state index in [1.807, 2.05) is 0 Å². The molecule has 1 saturated heterocycles. The lowest BCUT2D eigenvalue weighted by Crippen LogP contribution is -2.45. The van der Waals surface area contributed by atoms with Crippen LogP contribution >= 0.6 is 0 Å². The summed E-state index contributed by atoms with van der Waals surface area (Å²) in [4.78, 5) is 24.4. The zero-order valence-electron chi connectivity index (χ0n) is 9.65. The molecule has 92 valence electrons. The van der Waals surface area contributed by atoms with Gasteiger partial charge in [-0.25, -0.2) is 4.79 Å². The second-order valence-electron chi connectivity index (χ2n) is 4.03. The molecule has 1 unspecified atom stereocenters. The zero-order chi connectivity index (χ0) is 12.0. The van der Waals surface area contributed by atoms with Gasteiger partial charge in [0.15, 0.2) is 0 Å². The van der Waals surface area contributed by atoms with Gasteiger partial charge < -0.3 is 14.7 Å². The Morgan fingerprint density at radius 3 is 2.88 bits per heavy atom. The number of aliphatic carboxylic acids is 1. The lowest BCUT2D eigenvalue weighted by Gasteiger charge is -2.27. The van der Waals surface area contributed by atoms with Crippen molar-refractivity contribution in [1.82, 2.24) is 4.90 Å². The van der Waals surface area contributed by atoms with E-state index in [4.69, 9.17) is 9.84 Å². The van der Waals surface area contributed by atoms with Crippen molar-refractivity contribution < 1.29 is 19.4 Å². The Labute approximate surface area is 95.4 Å². The Kier molecular flexibility index (Phi) is 5.25. The average Bonchev–Trinajstić information content (AvgIpc) is 2.44. The van der Waals surface area contributed by atoms with E-state index in [1.54, 1.807) is 0 Å². The molecule has 0 aromatic rings. The number of rotatable bonds is 5. The van der Waals surface area contributed by atoms with E-state index >= 15 is 0 Å². The predicted molar refractivity (Wildman–Crippen MR) is 58.1 cm³/mol. The Morgan fingerprint density at radius 1 is 1.50 bits per heavy atom. The molecule has 0 saturated carbocycles. The summed E-state index contributed by atoms with van der Waals surface area (Å²) < 4.78 is 4.88. The molecule has 1 fully saturated rings. The number of hydrogen-bond acceptors (Lipinski definition) is 3. The van der Waals surface area contributed by atoms with Gasteiger partial charge in [-0.05, 0) is 12.8 Å². The maximum atomic E-state index is 11.7. The summed E-state index contributed by atoms with van der Waals surface area (Å²) in [6, 6.07) is -0.731. The van der Waals surface area contributed by atoms with Crippen LogP contribution in [-0.2, 0) is 14.3 Å². The van der Waals surface area contributed by atoms with Crippen molar-refractivity contribution in [2.24, 2.45) is 0 Å². The number of carbonyl (C=O) groups is 2. The van der Waals surface area contributed by atoms with Crippen LogP contribution in [0.1, 0.15) is 32.1 Å². The lowest BCUT2D eigenvalue weighted by atomic mass is 10.1. The molecule has 1 rings (SSSR count). The molecular weight excluding hydrogens is 210 g/mol. The van der Waals surface area contributed by atoms with E-state index in [9.17, 15) is 9.59 Å². The van der Waals surface area contributed by atoms with E-state index in [0.29, 0.717) is 26.0 Å². The van der Waals surface area contributed by atoms with Crippen molar-refractivity contribution in [1.29, 1.82) is 0 Å². The van der Waals surface area contributed by atoms with Crippen molar-refractivity contribution in [3.05, 3.63) is 0 Å². The fourth-order valence-corrected chi connectivity index (χ4v) is 1.98. The minimum Gasteiger partial charge on any atom is -0.480 e. The van der Waals surface area contributed by atoms with E-state index < -0.39 is 12.0 Å². The summed E-state index contributed by atoms with van der Waals surface area (Å²) >= 11 is 0. The first-order chi connectivity index (χ1) is 7.66. The van der Waals surface area contributed by atoms with Crippen LogP contribution in [0.2, 0.25) is 0 Å². The molecule has 1 atom stereocenters. The number of carboxylic acid groups (broad SMARTS) is 1. The SMILES string of the molecule is COCCC(C(=O)O)N1CCCCCC1=O. The molecule has 16 heavy (non-hydrogen) atoms. The number of methoxy groups -OCH3 is 1. The van der Waals surface area contributed by atoms with Crippen LogP contribution < -0.4 is 0 Å². The van der Waals surface area contributed by atoms with Crippen molar-refractivity contribution in [3.8, 4) is 0 Å². The van der Waals surface area contributed by atoms with Gasteiger partial charge in [-0.3, -0.25) is 4.79 Å². The third-order valence-corrected chi connectivity index (χ3v) is 2.87. The summed E-state index contributed by atoms with van der Waals surface area (Å²) in [6.07, 6.45) is 3.58. The Hall–Kier alpha value is -1.10. The molecule has 1 heterocycles. The predicted octanol–water partition coefficient (Wildman–Crippen LogP) is 0.879. The van der Waals surface area contributed by atoms with Crippen molar-refractivity contribution >= 4 is 11.9 Å². The zero-order valence-corrected chi connectivity index (χ0v) is 9.65. The van der Waals surface area contributed by atoms with Crippen LogP contribution in [0.5, 0.6) is 0 Å². The fourth-order valence-electron chi connectivity index (χ4n) is 1.98. The summed E-state index contributed by atoms with van der Waals surface area (Å²) in [5, 5.41) is 9.11. The number of carboxylic acids is 1. The number of carbonyl (C=O) groups excluding carboxylic acids is 1. The quantitative estimate of drug-likeness (QED) is 0.760. The van der Waals surface area contributed by atoms with Crippen molar-refractivity contribution in [2.45, 2.75) is 38.1 Å². The molecule has 0 aromatic heterocycles. The first kappa shape index (κ1) is 13.0. The van der Waals surface area contributed by atoms with Crippen molar-refractivity contribution in [3.63, 3.8) is 0 Å².